The summed E-state index contributed by atoms with van der Waals surface area (Å²) in [5.74, 6) is 0.376. The van der Waals surface area contributed by atoms with Gasteiger partial charge in [-0.3, -0.25) is 9.89 Å². The molecule has 0 spiro atoms. The predicted molar refractivity (Wildman–Crippen MR) is 77.4 cm³/mol. The molecule has 0 bridgehead atoms. The fraction of sp³-hybridized carbons (Fsp3) is 0.714. The van der Waals surface area contributed by atoms with Gasteiger partial charge in [0.1, 0.15) is 0 Å². The third-order valence-electron chi connectivity index (χ3n) is 4.12. The second-order valence-corrected chi connectivity index (χ2v) is 5.92. The number of aromatic amines is 1. The zero-order valence-corrected chi connectivity index (χ0v) is 12.4. The van der Waals surface area contributed by atoms with Gasteiger partial charge in [0.2, 0.25) is 0 Å². The maximum Gasteiger partial charge on any atom is 0.276 e. The SMILES string of the molecule is CC(C)c1[nH]nc(C(=O)N2CCC(C(C)O)CC2)c1N. The minimum Gasteiger partial charge on any atom is -0.395 e. The van der Waals surface area contributed by atoms with Crippen LogP contribution in [0.15, 0.2) is 0 Å². The standard InChI is InChI=1S/C14H24N4O2/c1-8(2)12-11(15)13(17-16-12)14(20)18-6-4-10(5-7-18)9(3)19/h8-10,19H,4-7,15H2,1-3H3,(H,16,17). The van der Waals surface area contributed by atoms with E-state index >= 15 is 0 Å². The number of likely N-dealkylation sites (tertiary alicyclic amines) is 1. The maximum absolute atomic E-state index is 12.4. The molecule has 1 aromatic rings. The average molecular weight is 280 g/mol. The molecule has 1 fully saturated rings. The van der Waals surface area contributed by atoms with Crippen LogP contribution >= 0.6 is 0 Å². The number of nitrogens with one attached hydrogen (secondary N) is 1. The Morgan fingerprint density at radius 2 is 2.00 bits per heavy atom. The van der Waals surface area contributed by atoms with E-state index in [4.69, 9.17) is 5.73 Å². The third-order valence-corrected chi connectivity index (χ3v) is 4.12. The highest BCUT2D eigenvalue weighted by molar-refractivity contribution is 5.97. The van der Waals surface area contributed by atoms with Crippen LogP contribution in [0.25, 0.3) is 0 Å². The van der Waals surface area contributed by atoms with Crippen molar-refractivity contribution in [2.45, 2.75) is 45.6 Å². The Kier molecular flexibility index (Phi) is 4.32. The third kappa shape index (κ3) is 2.80. The molecule has 1 aliphatic rings. The number of hydrogen-bond donors (Lipinski definition) is 3. The molecular formula is C14H24N4O2. The van der Waals surface area contributed by atoms with Gasteiger partial charge in [-0.05, 0) is 31.6 Å². The lowest BCUT2D eigenvalue weighted by atomic mass is 9.92. The van der Waals surface area contributed by atoms with Gasteiger partial charge >= 0.3 is 0 Å². The summed E-state index contributed by atoms with van der Waals surface area (Å²) in [5, 5.41) is 16.5. The van der Waals surface area contributed by atoms with Crippen LogP contribution in [0.5, 0.6) is 0 Å². The number of hydrogen-bond acceptors (Lipinski definition) is 4. The van der Waals surface area contributed by atoms with Crippen LogP contribution in [0.3, 0.4) is 0 Å². The Balaban J connectivity index is 2.06. The van der Waals surface area contributed by atoms with Gasteiger partial charge in [-0.1, -0.05) is 13.8 Å². The first-order chi connectivity index (χ1) is 9.41. The predicted octanol–water partition coefficient (Wildman–Crippen LogP) is 1.35. The summed E-state index contributed by atoms with van der Waals surface area (Å²) >= 11 is 0. The minimum atomic E-state index is -0.310. The zero-order valence-electron chi connectivity index (χ0n) is 12.4. The van der Waals surface area contributed by atoms with Crippen molar-refractivity contribution in [1.29, 1.82) is 0 Å². The molecule has 1 saturated heterocycles. The summed E-state index contributed by atoms with van der Waals surface area (Å²) in [6.07, 6.45) is 1.34. The van der Waals surface area contributed by atoms with Crippen LogP contribution < -0.4 is 5.73 Å². The summed E-state index contributed by atoms with van der Waals surface area (Å²) in [6, 6.07) is 0. The molecule has 1 amide bonds. The topological polar surface area (TPSA) is 95.2 Å². The van der Waals surface area contributed by atoms with E-state index in [-0.39, 0.29) is 23.8 Å². The van der Waals surface area contributed by atoms with Crippen molar-refractivity contribution >= 4 is 11.6 Å². The van der Waals surface area contributed by atoms with Gasteiger partial charge in [-0.2, -0.15) is 5.10 Å². The van der Waals surface area contributed by atoms with Gasteiger partial charge in [0, 0.05) is 13.1 Å². The molecule has 6 nitrogen and oxygen atoms in total. The largest absolute Gasteiger partial charge is 0.395 e. The number of amides is 1. The molecule has 1 atom stereocenters. The van der Waals surface area contributed by atoms with E-state index in [0.29, 0.717) is 24.5 Å². The van der Waals surface area contributed by atoms with E-state index in [0.717, 1.165) is 18.5 Å². The van der Waals surface area contributed by atoms with Crippen molar-refractivity contribution < 1.29 is 9.90 Å². The Morgan fingerprint density at radius 3 is 2.45 bits per heavy atom. The van der Waals surface area contributed by atoms with Crippen molar-refractivity contribution in [3.8, 4) is 0 Å². The first kappa shape index (κ1) is 14.8. The minimum absolute atomic E-state index is 0.116. The highest BCUT2D eigenvalue weighted by atomic mass is 16.3. The van der Waals surface area contributed by atoms with E-state index in [1.165, 1.54) is 0 Å². The second-order valence-electron chi connectivity index (χ2n) is 5.92. The molecule has 1 unspecified atom stereocenters. The number of aliphatic hydroxyl groups excluding tert-OH is 1. The number of nitrogen functional groups attached to an aromatic ring is 1. The van der Waals surface area contributed by atoms with Crippen LogP contribution in [0.4, 0.5) is 5.69 Å². The summed E-state index contributed by atoms with van der Waals surface area (Å²) < 4.78 is 0. The maximum atomic E-state index is 12.4. The summed E-state index contributed by atoms with van der Waals surface area (Å²) in [5.41, 5.74) is 7.60. The quantitative estimate of drug-likeness (QED) is 0.778. The van der Waals surface area contributed by atoms with Crippen LogP contribution in [0.2, 0.25) is 0 Å². The first-order valence-electron chi connectivity index (χ1n) is 7.22. The molecule has 2 heterocycles. The van der Waals surface area contributed by atoms with E-state index in [9.17, 15) is 9.90 Å². The number of aliphatic hydroxyl groups is 1. The number of nitrogens with two attached hydrogens (primary N) is 1. The molecule has 1 aliphatic heterocycles. The van der Waals surface area contributed by atoms with Gasteiger partial charge in [0.25, 0.3) is 5.91 Å². The normalized spacial score (nSPS) is 18.6. The fourth-order valence-electron chi connectivity index (χ4n) is 2.70. The molecule has 6 heteroatoms. The zero-order chi connectivity index (χ0) is 14.9. The molecule has 0 saturated carbocycles. The second kappa shape index (κ2) is 5.83. The van der Waals surface area contributed by atoms with Gasteiger partial charge < -0.3 is 15.7 Å². The Bertz CT molecular complexity index is 474. The Hall–Kier alpha value is -1.56. The van der Waals surface area contributed by atoms with Crippen molar-refractivity contribution in [3.05, 3.63) is 11.4 Å². The molecular weight excluding hydrogens is 256 g/mol. The van der Waals surface area contributed by atoms with Crippen molar-refractivity contribution in [1.82, 2.24) is 15.1 Å². The molecule has 2 rings (SSSR count). The number of nitrogens with zero attached hydrogens (tertiary/aromatic N) is 2. The lowest BCUT2D eigenvalue weighted by Crippen LogP contribution is -2.41. The van der Waals surface area contributed by atoms with Crippen molar-refractivity contribution in [2.75, 3.05) is 18.8 Å². The van der Waals surface area contributed by atoms with E-state index < -0.39 is 0 Å². The van der Waals surface area contributed by atoms with Crippen LogP contribution in [0.1, 0.15) is 55.7 Å². The summed E-state index contributed by atoms with van der Waals surface area (Å²) in [4.78, 5) is 14.2. The number of carbonyl (C=O) groups is 1. The highest BCUT2D eigenvalue weighted by Gasteiger charge is 2.29. The van der Waals surface area contributed by atoms with E-state index in [2.05, 4.69) is 10.2 Å². The van der Waals surface area contributed by atoms with Crippen molar-refractivity contribution in [3.63, 3.8) is 0 Å². The molecule has 0 aromatic carbocycles. The van der Waals surface area contributed by atoms with E-state index in [1.807, 2.05) is 20.8 Å². The lowest BCUT2D eigenvalue weighted by molar-refractivity contribution is 0.0518. The van der Waals surface area contributed by atoms with Crippen LogP contribution in [-0.4, -0.2) is 45.3 Å². The Morgan fingerprint density at radius 1 is 1.40 bits per heavy atom. The van der Waals surface area contributed by atoms with Crippen LogP contribution in [-0.2, 0) is 0 Å². The summed E-state index contributed by atoms with van der Waals surface area (Å²) in [7, 11) is 0. The molecule has 0 radical (unpaired) electrons. The first-order valence-corrected chi connectivity index (χ1v) is 7.22. The summed E-state index contributed by atoms with van der Waals surface area (Å²) in [6.45, 7) is 7.12. The number of aromatic nitrogens is 2. The highest BCUT2D eigenvalue weighted by Crippen LogP contribution is 2.26. The van der Waals surface area contributed by atoms with Crippen molar-refractivity contribution in [2.24, 2.45) is 5.92 Å². The molecule has 1 aromatic heterocycles. The van der Waals surface area contributed by atoms with Gasteiger partial charge in [-0.25, -0.2) is 0 Å². The fourth-order valence-corrected chi connectivity index (χ4v) is 2.70. The van der Waals surface area contributed by atoms with Gasteiger partial charge in [0.05, 0.1) is 17.5 Å². The monoisotopic (exact) mass is 280 g/mol. The van der Waals surface area contributed by atoms with Crippen LogP contribution in [0, 0.1) is 5.92 Å². The smallest absolute Gasteiger partial charge is 0.276 e. The van der Waals surface area contributed by atoms with Gasteiger partial charge in [0.15, 0.2) is 5.69 Å². The molecule has 4 N–H and O–H groups in total. The van der Waals surface area contributed by atoms with E-state index in [1.54, 1.807) is 4.90 Å². The number of rotatable bonds is 3. The Labute approximate surface area is 119 Å². The van der Waals surface area contributed by atoms with Gasteiger partial charge in [-0.15, -0.1) is 0 Å². The average Bonchev–Trinajstić information content (AvgIpc) is 2.80. The number of H-pyrrole nitrogens is 1. The molecule has 112 valence electrons. The number of piperidine rings is 1. The molecule has 0 aliphatic carbocycles. The molecule has 20 heavy (non-hydrogen) atoms. The lowest BCUT2D eigenvalue weighted by Gasteiger charge is -2.32. The number of carbonyl (C=O) groups excluding carboxylic acids is 1. The number of anilines is 1.